The molecule has 0 atom stereocenters. The van der Waals surface area contributed by atoms with Crippen LogP contribution in [0.25, 0.3) is 11.3 Å². The fourth-order valence-corrected chi connectivity index (χ4v) is 5.59. The molecular weight excluding hydrogens is 546 g/mol. The molecule has 2 N–H and O–H groups in total. The van der Waals surface area contributed by atoms with Gasteiger partial charge in [0.2, 0.25) is 0 Å². The van der Waals surface area contributed by atoms with Gasteiger partial charge < -0.3 is 15.2 Å². The summed E-state index contributed by atoms with van der Waals surface area (Å²) in [6, 6.07) is 21.7. The Hall–Kier alpha value is -4.23. The summed E-state index contributed by atoms with van der Waals surface area (Å²) in [6.07, 6.45) is 4.17. The Kier molecular flexibility index (Phi) is 8.80. The molecule has 1 aromatic heterocycles. The molecule has 5 rings (SSSR count). The van der Waals surface area contributed by atoms with Gasteiger partial charge in [-0.2, -0.15) is 0 Å². The van der Waals surface area contributed by atoms with Crippen LogP contribution in [0.4, 0.5) is 17.2 Å². The first kappa shape index (κ1) is 31.2. The maximum atomic E-state index is 13.1. The zero-order valence-corrected chi connectivity index (χ0v) is 27.1. The molecule has 1 saturated heterocycles. The average Bonchev–Trinajstić information content (AvgIpc) is 2.98. The Morgan fingerprint density at radius 1 is 0.955 bits per heavy atom. The third-order valence-corrected chi connectivity index (χ3v) is 8.77. The van der Waals surface area contributed by atoms with Crippen LogP contribution >= 0.6 is 0 Å². The van der Waals surface area contributed by atoms with Gasteiger partial charge in [-0.05, 0) is 90.7 Å². The van der Waals surface area contributed by atoms with Crippen LogP contribution in [-0.2, 0) is 19.0 Å². The fraction of sp³-hybridized carbons (Fsp3) is 0.378. The highest BCUT2D eigenvalue weighted by Crippen LogP contribution is 2.31. The molecule has 44 heavy (non-hydrogen) atoms. The van der Waals surface area contributed by atoms with Gasteiger partial charge in [-0.25, -0.2) is 4.98 Å². The Labute approximate surface area is 261 Å². The van der Waals surface area contributed by atoms with Crippen molar-refractivity contribution in [1.82, 2.24) is 14.5 Å². The summed E-state index contributed by atoms with van der Waals surface area (Å²) in [5, 5.41) is 6.30. The SMILES string of the molecule is Cc1c(NC(=O)c2ccc(C(C)(C)C)cc2)cccc1-c1cn(C)c(=O)c(Nc2ccc(CN3CCC(C)(C)CC3)cc2)n1. The van der Waals surface area contributed by atoms with Crippen molar-refractivity contribution in [3.8, 4) is 11.3 Å². The van der Waals surface area contributed by atoms with E-state index in [0.29, 0.717) is 22.4 Å². The number of nitrogens with one attached hydrogen (secondary N) is 2. The van der Waals surface area contributed by atoms with E-state index in [2.05, 4.69) is 62.3 Å². The van der Waals surface area contributed by atoms with Gasteiger partial charge in [0.15, 0.2) is 5.82 Å². The normalized spacial score (nSPS) is 15.2. The van der Waals surface area contributed by atoms with Crippen molar-refractivity contribution in [3.05, 3.63) is 106 Å². The van der Waals surface area contributed by atoms with E-state index in [-0.39, 0.29) is 22.7 Å². The van der Waals surface area contributed by atoms with Gasteiger partial charge >= 0.3 is 0 Å². The van der Waals surface area contributed by atoms with Crippen LogP contribution in [0.3, 0.4) is 0 Å². The van der Waals surface area contributed by atoms with E-state index >= 15 is 0 Å². The maximum absolute atomic E-state index is 13.1. The van der Waals surface area contributed by atoms with Crippen LogP contribution in [-0.4, -0.2) is 33.4 Å². The lowest BCUT2D eigenvalue weighted by atomic mass is 9.82. The van der Waals surface area contributed by atoms with Gasteiger partial charge in [0, 0.05) is 42.3 Å². The van der Waals surface area contributed by atoms with Gasteiger partial charge in [-0.3, -0.25) is 14.5 Å². The van der Waals surface area contributed by atoms with Crippen LogP contribution in [0.15, 0.2) is 77.7 Å². The van der Waals surface area contributed by atoms with Gasteiger partial charge in [0.25, 0.3) is 11.5 Å². The smallest absolute Gasteiger partial charge is 0.293 e. The number of carbonyl (C=O) groups is 1. The van der Waals surface area contributed by atoms with Crippen LogP contribution < -0.4 is 16.2 Å². The molecule has 1 aliphatic heterocycles. The molecular formula is C37H45N5O2. The molecule has 2 heterocycles. The number of aryl methyl sites for hydroxylation is 1. The number of hydrogen-bond acceptors (Lipinski definition) is 5. The Morgan fingerprint density at radius 3 is 2.25 bits per heavy atom. The second kappa shape index (κ2) is 12.4. The maximum Gasteiger partial charge on any atom is 0.293 e. The summed E-state index contributed by atoms with van der Waals surface area (Å²) in [5.74, 6) is 0.0813. The second-order valence-electron chi connectivity index (χ2n) is 13.9. The van der Waals surface area contributed by atoms with Crippen LogP contribution in [0.5, 0.6) is 0 Å². The number of nitrogens with zero attached hydrogens (tertiary/aromatic N) is 3. The zero-order chi connectivity index (χ0) is 31.6. The van der Waals surface area contributed by atoms with Gasteiger partial charge in [0.05, 0.1) is 5.69 Å². The topological polar surface area (TPSA) is 79.3 Å². The molecule has 0 spiro atoms. The fourth-order valence-electron chi connectivity index (χ4n) is 5.59. The summed E-state index contributed by atoms with van der Waals surface area (Å²) in [7, 11) is 1.73. The quantitative estimate of drug-likeness (QED) is 0.231. The minimum atomic E-state index is -0.213. The lowest BCUT2D eigenvalue weighted by Gasteiger charge is -2.36. The summed E-state index contributed by atoms with van der Waals surface area (Å²) in [6.45, 7) is 16.3. The van der Waals surface area contributed by atoms with Crippen molar-refractivity contribution >= 4 is 23.1 Å². The highest BCUT2D eigenvalue weighted by molar-refractivity contribution is 6.05. The van der Waals surface area contributed by atoms with E-state index in [9.17, 15) is 9.59 Å². The van der Waals surface area contributed by atoms with E-state index < -0.39 is 0 Å². The average molecular weight is 592 g/mol. The van der Waals surface area contributed by atoms with Crippen molar-refractivity contribution in [3.63, 3.8) is 0 Å². The van der Waals surface area contributed by atoms with Crippen molar-refractivity contribution in [2.75, 3.05) is 23.7 Å². The van der Waals surface area contributed by atoms with Crippen molar-refractivity contribution in [1.29, 1.82) is 0 Å². The van der Waals surface area contributed by atoms with Gasteiger partial charge in [0.1, 0.15) is 0 Å². The minimum absolute atomic E-state index is 0.0184. The Morgan fingerprint density at radius 2 is 1.61 bits per heavy atom. The predicted octanol–water partition coefficient (Wildman–Crippen LogP) is 7.67. The number of benzene rings is 3. The van der Waals surface area contributed by atoms with Crippen molar-refractivity contribution in [2.45, 2.75) is 66.3 Å². The van der Waals surface area contributed by atoms with Crippen LogP contribution in [0.2, 0.25) is 0 Å². The third kappa shape index (κ3) is 7.28. The molecule has 7 heteroatoms. The van der Waals surface area contributed by atoms with Crippen LogP contribution in [0.1, 0.15) is 74.5 Å². The lowest BCUT2D eigenvalue weighted by Crippen LogP contribution is -2.36. The molecule has 0 unspecified atom stereocenters. The molecule has 0 aliphatic carbocycles. The molecule has 0 radical (unpaired) electrons. The number of amides is 1. The first-order valence-corrected chi connectivity index (χ1v) is 15.5. The molecule has 3 aromatic carbocycles. The van der Waals surface area contributed by atoms with Crippen LogP contribution in [0, 0.1) is 12.3 Å². The number of anilines is 3. The summed E-state index contributed by atoms with van der Waals surface area (Å²) < 4.78 is 1.54. The highest BCUT2D eigenvalue weighted by Gasteiger charge is 2.25. The van der Waals surface area contributed by atoms with E-state index in [1.807, 2.05) is 61.5 Å². The van der Waals surface area contributed by atoms with E-state index in [1.165, 1.54) is 24.0 Å². The molecule has 0 bridgehead atoms. The second-order valence-corrected chi connectivity index (χ2v) is 13.9. The van der Waals surface area contributed by atoms with Crippen molar-refractivity contribution in [2.24, 2.45) is 12.5 Å². The largest absolute Gasteiger partial charge is 0.336 e. The summed E-state index contributed by atoms with van der Waals surface area (Å²) >= 11 is 0. The van der Waals surface area contributed by atoms with E-state index in [1.54, 1.807) is 17.8 Å². The molecule has 1 amide bonds. The highest BCUT2D eigenvalue weighted by atomic mass is 16.1. The Balaban J connectivity index is 1.32. The first-order valence-electron chi connectivity index (χ1n) is 15.5. The molecule has 0 saturated carbocycles. The summed E-state index contributed by atoms with van der Waals surface area (Å²) in [5.41, 5.74) is 7.13. The van der Waals surface area contributed by atoms with Gasteiger partial charge in [-0.15, -0.1) is 0 Å². The minimum Gasteiger partial charge on any atom is -0.336 e. The Bertz CT molecular complexity index is 1690. The molecule has 1 fully saturated rings. The number of rotatable bonds is 7. The molecule has 4 aromatic rings. The predicted molar refractivity (Wildman–Crippen MR) is 181 cm³/mol. The summed E-state index contributed by atoms with van der Waals surface area (Å²) in [4.78, 5) is 33.4. The monoisotopic (exact) mass is 591 g/mol. The number of carbonyl (C=O) groups excluding carboxylic acids is 1. The molecule has 1 aliphatic rings. The zero-order valence-electron chi connectivity index (χ0n) is 27.1. The third-order valence-electron chi connectivity index (χ3n) is 8.77. The van der Waals surface area contributed by atoms with Crippen molar-refractivity contribution < 1.29 is 4.79 Å². The lowest BCUT2D eigenvalue weighted by molar-refractivity contribution is 0.102. The van der Waals surface area contributed by atoms with E-state index in [0.717, 1.165) is 36.4 Å². The van der Waals surface area contributed by atoms with Gasteiger partial charge in [-0.1, -0.05) is 71.0 Å². The molecule has 7 nitrogen and oxygen atoms in total. The molecule has 230 valence electrons. The number of hydrogen-bond donors (Lipinski definition) is 2. The number of piperidine rings is 1. The van der Waals surface area contributed by atoms with E-state index in [4.69, 9.17) is 4.98 Å². The standard InChI is InChI=1S/C37H45N5O2/c1-25-30(9-8-10-31(25)40-34(43)27-13-15-28(16-14-27)36(2,3)4)32-24-41(7)35(44)33(39-32)38-29-17-11-26(12-18-29)23-42-21-19-37(5,6)20-22-42/h8-18,24H,19-23H2,1-7H3,(H,38,39)(H,40,43). The number of aromatic nitrogens is 2. The number of likely N-dealkylation sites (tertiary alicyclic amines) is 1. The first-order chi connectivity index (χ1) is 20.8.